The summed E-state index contributed by atoms with van der Waals surface area (Å²) in [5.41, 5.74) is 3.24. The van der Waals surface area contributed by atoms with Gasteiger partial charge < -0.3 is 18.9 Å². The van der Waals surface area contributed by atoms with Crippen molar-refractivity contribution < 1.29 is 32.0 Å². The number of esters is 1. The summed E-state index contributed by atoms with van der Waals surface area (Å²) in [5.74, 6) is -0.0622. The van der Waals surface area contributed by atoms with Crippen LogP contribution in [0.25, 0.3) is 16.6 Å². The zero-order chi connectivity index (χ0) is 35.1. The molecule has 3 heterocycles. The highest BCUT2D eigenvalue weighted by Crippen LogP contribution is 2.46. The number of carbonyl (C=O) groups excluding carboxylic acids is 2. The van der Waals surface area contributed by atoms with Crippen LogP contribution >= 0.6 is 0 Å². The van der Waals surface area contributed by atoms with E-state index >= 15 is 8.42 Å². The van der Waals surface area contributed by atoms with E-state index < -0.39 is 26.2 Å². The summed E-state index contributed by atoms with van der Waals surface area (Å²) in [4.78, 5) is 32.9. The van der Waals surface area contributed by atoms with E-state index in [1.54, 1.807) is 41.5 Å². The maximum absolute atomic E-state index is 15.1. The van der Waals surface area contributed by atoms with E-state index in [0.717, 1.165) is 0 Å². The molecule has 2 aliphatic rings. The maximum Gasteiger partial charge on any atom is 0.340 e. The van der Waals surface area contributed by atoms with Gasteiger partial charge in [-0.05, 0) is 62.5 Å². The Balaban J connectivity index is 1.54. The van der Waals surface area contributed by atoms with Gasteiger partial charge in [0, 0.05) is 30.6 Å². The lowest BCUT2D eigenvalue weighted by molar-refractivity contribution is -0.134. The highest BCUT2D eigenvalue weighted by molar-refractivity contribution is 7.94. The Morgan fingerprint density at radius 2 is 1.84 bits per heavy atom. The van der Waals surface area contributed by atoms with Crippen LogP contribution in [0.3, 0.4) is 0 Å². The van der Waals surface area contributed by atoms with E-state index in [4.69, 9.17) is 14.0 Å². The fourth-order valence-electron chi connectivity index (χ4n) is 6.70. The summed E-state index contributed by atoms with van der Waals surface area (Å²) in [6.07, 6.45) is 4.33. The van der Waals surface area contributed by atoms with Gasteiger partial charge in [0.2, 0.25) is 15.9 Å². The molecule has 0 radical (unpaired) electrons. The molecule has 13 heteroatoms. The van der Waals surface area contributed by atoms with E-state index in [9.17, 15) is 9.59 Å². The van der Waals surface area contributed by atoms with Crippen LogP contribution in [0.5, 0.6) is 6.01 Å². The molecule has 49 heavy (non-hydrogen) atoms. The number of aryl methyl sites for hydroxylation is 1. The number of anilines is 1. The third kappa shape index (κ3) is 6.00. The number of allylic oxidation sites excluding steroid dienone is 3. The largest absolute Gasteiger partial charge is 0.465 e. The first kappa shape index (κ1) is 34.0. The van der Waals surface area contributed by atoms with Crippen LogP contribution in [0.15, 0.2) is 70.8 Å². The first-order valence-corrected chi connectivity index (χ1v) is 17.7. The van der Waals surface area contributed by atoms with Gasteiger partial charge in [0.1, 0.15) is 10.5 Å². The Morgan fingerprint density at radius 1 is 1.08 bits per heavy atom. The Labute approximate surface area is 285 Å². The SMILES string of the molecule is CCOc1nc2cccc(C(=O)OC)c2n1CC1=CC=C(c2ccccc2)C(CN2CCC(C)(C)C2=O)(S(=O)(=O)Nc2noc(C)c2C)C1. The first-order chi connectivity index (χ1) is 23.3. The lowest BCUT2D eigenvalue weighted by atomic mass is 9.81. The maximum atomic E-state index is 15.1. The number of para-hydroxylation sites is 1. The molecule has 0 spiro atoms. The van der Waals surface area contributed by atoms with E-state index in [2.05, 4.69) is 14.9 Å². The number of nitrogens with one attached hydrogen (secondary N) is 1. The normalized spacial score (nSPS) is 19.1. The number of likely N-dealkylation sites (tertiary alicyclic amines) is 1. The van der Waals surface area contributed by atoms with Crippen molar-refractivity contribution in [1.29, 1.82) is 0 Å². The molecule has 258 valence electrons. The van der Waals surface area contributed by atoms with Crippen LogP contribution in [0.4, 0.5) is 5.82 Å². The summed E-state index contributed by atoms with van der Waals surface area (Å²) in [6.45, 7) is 9.84. The minimum atomic E-state index is -4.36. The van der Waals surface area contributed by atoms with Crippen molar-refractivity contribution in [2.45, 2.75) is 58.8 Å². The molecule has 1 fully saturated rings. The van der Waals surface area contributed by atoms with Crippen LogP contribution in [-0.2, 0) is 26.1 Å². The molecule has 6 rings (SSSR count). The third-order valence-electron chi connectivity index (χ3n) is 9.57. The molecule has 1 aliphatic carbocycles. The molecule has 12 nitrogen and oxygen atoms in total. The van der Waals surface area contributed by atoms with Crippen LogP contribution in [0.2, 0.25) is 0 Å². The molecule has 2 aromatic heterocycles. The van der Waals surface area contributed by atoms with Gasteiger partial charge in [0.25, 0.3) is 6.01 Å². The predicted octanol–water partition coefficient (Wildman–Crippen LogP) is 5.68. The van der Waals surface area contributed by atoms with Gasteiger partial charge in [0.15, 0.2) is 5.82 Å². The number of hydrogen-bond acceptors (Lipinski definition) is 9. The molecule has 2 aromatic carbocycles. The summed E-state index contributed by atoms with van der Waals surface area (Å²) in [7, 11) is -3.04. The molecule has 0 saturated carbocycles. The van der Waals surface area contributed by atoms with Gasteiger partial charge in [0.05, 0.1) is 30.3 Å². The van der Waals surface area contributed by atoms with Crippen molar-refractivity contribution in [1.82, 2.24) is 19.6 Å². The van der Waals surface area contributed by atoms with Gasteiger partial charge in [-0.1, -0.05) is 67.6 Å². The standard InChI is InChI=1S/C36H41N5O7S/c1-7-47-34-37-29-15-11-14-27(32(42)46-6)30(29)41(34)21-25-16-17-28(26-12-9-8-10-13-26)36(20-25,22-40-19-18-35(4,5)33(40)43)49(44,45)39-31-23(2)24(3)48-38-31/h8-17H,7,18-22H2,1-6H3,(H,38,39). The number of fused-ring (bicyclic) bond motifs is 1. The molecule has 1 saturated heterocycles. The molecule has 1 amide bonds. The second kappa shape index (κ2) is 12.8. The number of sulfonamides is 1. The van der Waals surface area contributed by atoms with Crippen LogP contribution in [-0.4, -0.2) is 71.5 Å². The summed E-state index contributed by atoms with van der Waals surface area (Å²) in [5, 5.41) is 4.02. The number of amides is 1. The van der Waals surface area contributed by atoms with Crippen molar-refractivity contribution >= 4 is 44.3 Å². The molecule has 1 N–H and O–H groups in total. The zero-order valence-corrected chi connectivity index (χ0v) is 29.4. The number of carbonyl (C=O) groups is 2. The number of aromatic nitrogens is 3. The fraction of sp³-hybridized carbons (Fsp3) is 0.389. The average Bonchev–Trinajstić information content (AvgIpc) is 3.68. The van der Waals surface area contributed by atoms with E-state index in [0.29, 0.717) is 64.2 Å². The summed E-state index contributed by atoms with van der Waals surface area (Å²) >= 11 is 0. The fourth-order valence-corrected chi connectivity index (χ4v) is 8.52. The van der Waals surface area contributed by atoms with Crippen molar-refractivity contribution in [2.24, 2.45) is 5.41 Å². The Hall–Kier alpha value is -4.91. The van der Waals surface area contributed by atoms with Crippen molar-refractivity contribution in [2.75, 3.05) is 31.5 Å². The summed E-state index contributed by atoms with van der Waals surface area (Å²) < 4.78 is 49.4. The molecule has 1 atom stereocenters. The van der Waals surface area contributed by atoms with E-state index in [-0.39, 0.29) is 37.2 Å². The van der Waals surface area contributed by atoms with Crippen molar-refractivity contribution in [3.05, 3.63) is 88.7 Å². The zero-order valence-electron chi connectivity index (χ0n) is 28.6. The van der Waals surface area contributed by atoms with Gasteiger partial charge in [-0.2, -0.15) is 4.98 Å². The number of rotatable bonds is 11. The minimum absolute atomic E-state index is 0.00871. The van der Waals surface area contributed by atoms with Crippen molar-refractivity contribution in [3.8, 4) is 6.01 Å². The number of imidazole rings is 1. The monoisotopic (exact) mass is 687 g/mol. The number of benzene rings is 2. The molecular weight excluding hydrogens is 646 g/mol. The molecule has 1 aliphatic heterocycles. The predicted molar refractivity (Wildman–Crippen MR) is 186 cm³/mol. The van der Waals surface area contributed by atoms with Gasteiger partial charge in [-0.3, -0.25) is 14.1 Å². The number of nitrogens with zero attached hydrogens (tertiary/aromatic N) is 4. The topological polar surface area (TPSA) is 146 Å². The second-order valence-corrected chi connectivity index (χ2v) is 15.2. The number of methoxy groups -OCH3 is 1. The summed E-state index contributed by atoms with van der Waals surface area (Å²) in [6, 6.07) is 14.8. The molecule has 1 unspecified atom stereocenters. The lowest BCUT2D eigenvalue weighted by Gasteiger charge is -2.41. The first-order valence-electron chi connectivity index (χ1n) is 16.2. The minimum Gasteiger partial charge on any atom is -0.465 e. The quantitative estimate of drug-likeness (QED) is 0.197. The van der Waals surface area contributed by atoms with Crippen LogP contribution < -0.4 is 9.46 Å². The van der Waals surface area contributed by atoms with Gasteiger partial charge in [-0.25, -0.2) is 13.2 Å². The van der Waals surface area contributed by atoms with E-state index in [1.807, 2.05) is 63.3 Å². The van der Waals surface area contributed by atoms with Crippen LogP contribution in [0, 0.1) is 19.3 Å². The molecule has 4 aromatic rings. The third-order valence-corrected chi connectivity index (χ3v) is 11.6. The molecule has 0 bridgehead atoms. The lowest BCUT2D eigenvalue weighted by Crippen LogP contribution is -2.54. The van der Waals surface area contributed by atoms with Gasteiger partial charge in [-0.15, -0.1) is 0 Å². The Kier molecular flexibility index (Phi) is 8.91. The molecular formula is C36H41N5O7S. The van der Waals surface area contributed by atoms with Crippen molar-refractivity contribution in [3.63, 3.8) is 0 Å². The Bertz CT molecular complexity index is 2100. The Morgan fingerprint density at radius 3 is 2.47 bits per heavy atom. The number of ether oxygens (including phenoxy) is 2. The number of hydrogen-bond donors (Lipinski definition) is 1. The van der Waals surface area contributed by atoms with Crippen LogP contribution in [0.1, 0.15) is 60.9 Å². The average molecular weight is 688 g/mol. The highest BCUT2D eigenvalue weighted by atomic mass is 32.2. The smallest absolute Gasteiger partial charge is 0.340 e. The van der Waals surface area contributed by atoms with Gasteiger partial charge >= 0.3 is 5.97 Å². The highest BCUT2D eigenvalue weighted by Gasteiger charge is 2.53. The van der Waals surface area contributed by atoms with E-state index in [1.165, 1.54) is 7.11 Å². The second-order valence-electron chi connectivity index (χ2n) is 13.2.